The Balaban J connectivity index is 1.94. The summed E-state index contributed by atoms with van der Waals surface area (Å²) in [6, 6.07) is 8.06. The van der Waals surface area contributed by atoms with Crippen LogP contribution in [0.3, 0.4) is 0 Å². The summed E-state index contributed by atoms with van der Waals surface area (Å²) in [5, 5.41) is 6.26. The summed E-state index contributed by atoms with van der Waals surface area (Å²) in [6.07, 6.45) is 3.23. The molecule has 1 aliphatic rings. The van der Waals surface area contributed by atoms with Gasteiger partial charge in [0.1, 0.15) is 0 Å². The lowest BCUT2D eigenvalue weighted by molar-refractivity contribution is -0.118. The van der Waals surface area contributed by atoms with Gasteiger partial charge in [0.05, 0.1) is 6.04 Å². The van der Waals surface area contributed by atoms with E-state index >= 15 is 0 Å². The van der Waals surface area contributed by atoms with Crippen molar-refractivity contribution in [1.29, 1.82) is 0 Å². The van der Waals surface area contributed by atoms with Crippen LogP contribution in [0.5, 0.6) is 0 Å². The third-order valence-corrected chi connectivity index (χ3v) is 3.89. The van der Waals surface area contributed by atoms with Gasteiger partial charge in [-0.3, -0.25) is 4.79 Å². The van der Waals surface area contributed by atoms with Crippen molar-refractivity contribution in [1.82, 2.24) is 5.32 Å². The van der Waals surface area contributed by atoms with Crippen LogP contribution < -0.4 is 15.5 Å². The Labute approximate surface area is 121 Å². The topological polar surface area (TPSA) is 44.4 Å². The summed E-state index contributed by atoms with van der Waals surface area (Å²) >= 11 is 0. The highest BCUT2D eigenvalue weighted by molar-refractivity contribution is 5.95. The molecule has 1 atom stereocenters. The predicted octanol–water partition coefficient (Wildman–Crippen LogP) is 2.61. The number of benzene rings is 1. The number of hydrogen-bond donors (Lipinski definition) is 2. The van der Waals surface area contributed by atoms with Crippen molar-refractivity contribution in [3.8, 4) is 0 Å². The van der Waals surface area contributed by atoms with Gasteiger partial charge in [-0.15, -0.1) is 0 Å². The highest BCUT2D eigenvalue weighted by Crippen LogP contribution is 2.18. The van der Waals surface area contributed by atoms with E-state index in [1.165, 1.54) is 12.1 Å². The molecule has 20 heavy (non-hydrogen) atoms. The minimum absolute atomic E-state index is 0.0359. The highest BCUT2D eigenvalue weighted by atomic mass is 16.2. The molecule has 0 unspecified atom stereocenters. The zero-order valence-corrected chi connectivity index (χ0v) is 12.5. The maximum Gasteiger partial charge on any atom is 0.241 e. The number of piperidine rings is 1. The van der Waals surface area contributed by atoms with Crippen molar-refractivity contribution in [3.63, 3.8) is 0 Å². The van der Waals surface area contributed by atoms with Crippen LogP contribution >= 0.6 is 0 Å². The fourth-order valence-electron chi connectivity index (χ4n) is 2.65. The zero-order chi connectivity index (χ0) is 14.4. The minimum atomic E-state index is -0.0359. The first-order chi connectivity index (χ1) is 9.74. The molecular formula is C16H25N3O. The van der Waals surface area contributed by atoms with Crippen LogP contribution in [0.4, 0.5) is 11.4 Å². The molecule has 2 rings (SSSR count). The Hall–Kier alpha value is -1.55. The SMILES string of the molecule is CCN(CC)c1ccc(NC(=O)[C@@H]2CCCCN2)cc1. The smallest absolute Gasteiger partial charge is 0.241 e. The van der Waals surface area contributed by atoms with E-state index in [9.17, 15) is 4.79 Å². The molecule has 4 nitrogen and oxygen atoms in total. The quantitative estimate of drug-likeness (QED) is 0.868. The summed E-state index contributed by atoms with van der Waals surface area (Å²) in [5.74, 6) is 0.0836. The molecule has 0 bridgehead atoms. The summed E-state index contributed by atoms with van der Waals surface area (Å²) in [5.41, 5.74) is 2.07. The zero-order valence-electron chi connectivity index (χ0n) is 12.5. The van der Waals surface area contributed by atoms with Gasteiger partial charge in [-0.25, -0.2) is 0 Å². The maximum atomic E-state index is 12.1. The first-order valence-corrected chi connectivity index (χ1v) is 7.63. The Bertz CT molecular complexity index is 420. The molecule has 1 heterocycles. The lowest BCUT2D eigenvalue weighted by atomic mass is 10.0. The number of carbonyl (C=O) groups excluding carboxylic acids is 1. The normalized spacial score (nSPS) is 18.6. The van der Waals surface area contributed by atoms with Crippen molar-refractivity contribution >= 4 is 17.3 Å². The van der Waals surface area contributed by atoms with Crippen LogP contribution in [0.25, 0.3) is 0 Å². The van der Waals surface area contributed by atoms with E-state index in [1.807, 2.05) is 12.1 Å². The molecule has 0 aromatic heterocycles. The first kappa shape index (κ1) is 14.9. The van der Waals surface area contributed by atoms with Gasteiger partial charge in [0.15, 0.2) is 0 Å². The summed E-state index contributed by atoms with van der Waals surface area (Å²) < 4.78 is 0. The third-order valence-electron chi connectivity index (χ3n) is 3.89. The van der Waals surface area contributed by atoms with Crippen molar-refractivity contribution in [2.45, 2.75) is 39.2 Å². The van der Waals surface area contributed by atoms with Crippen molar-refractivity contribution in [2.75, 3.05) is 29.9 Å². The molecule has 0 aliphatic carbocycles. The van der Waals surface area contributed by atoms with Crippen LogP contribution in [0.2, 0.25) is 0 Å². The van der Waals surface area contributed by atoms with Crippen molar-refractivity contribution < 1.29 is 4.79 Å². The van der Waals surface area contributed by atoms with Gasteiger partial charge < -0.3 is 15.5 Å². The fourth-order valence-corrected chi connectivity index (χ4v) is 2.65. The molecule has 4 heteroatoms. The van der Waals surface area contributed by atoms with Gasteiger partial charge in [0.2, 0.25) is 5.91 Å². The third kappa shape index (κ3) is 3.73. The molecule has 1 aliphatic heterocycles. The van der Waals surface area contributed by atoms with E-state index in [4.69, 9.17) is 0 Å². The number of amides is 1. The van der Waals surface area contributed by atoms with Crippen LogP contribution in [-0.4, -0.2) is 31.6 Å². The summed E-state index contributed by atoms with van der Waals surface area (Å²) in [4.78, 5) is 14.4. The lowest BCUT2D eigenvalue weighted by Crippen LogP contribution is -2.43. The van der Waals surface area contributed by atoms with Crippen molar-refractivity contribution in [2.24, 2.45) is 0 Å². The van der Waals surface area contributed by atoms with Crippen molar-refractivity contribution in [3.05, 3.63) is 24.3 Å². The van der Waals surface area contributed by atoms with E-state index in [0.717, 1.165) is 38.2 Å². The first-order valence-electron chi connectivity index (χ1n) is 7.63. The Morgan fingerprint density at radius 3 is 2.50 bits per heavy atom. The van der Waals surface area contributed by atoms with Crippen LogP contribution in [0, 0.1) is 0 Å². The predicted molar refractivity (Wildman–Crippen MR) is 84.3 cm³/mol. The Kier molecular flexibility index (Phi) is 5.41. The van der Waals surface area contributed by atoms with Crippen LogP contribution in [-0.2, 0) is 4.79 Å². The maximum absolute atomic E-state index is 12.1. The van der Waals surface area contributed by atoms with E-state index in [0.29, 0.717) is 0 Å². The van der Waals surface area contributed by atoms with Gasteiger partial charge >= 0.3 is 0 Å². The largest absolute Gasteiger partial charge is 0.372 e. The molecule has 1 amide bonds. The molecule has 0 radical (unpaired) electrons. The van der Waals surface area contributed by atoms with E-state index in [-0.39, 0.29) is 11.9 Å². The number of rotatable bonds is 5. The monoisotopic (exact) mass is 275 g/mol. The summed E-state index contributed by atoms with van der Waals surface area (Å²) in [6.45, 7) is 7.23. The van der Waals surface area contributed by atoms with Gasteiger partial charge in [0.25, 0.3) is 0 Å². The molecule has 1 aromatic carbocycles. The molecule has 0 saturated carbocycles. The number of carbonyl (C=O) groups is 1. The second kappa shape index (κ2) is 7.29. The standard InChI is InChI=1S/C16H25N3O/c1-3-19(4-2)14-10-8-13(9-11-14)18-16(20)15-7-5-6-12-17-15/h8-11,15,17H,3-7,12H2,1-2H3,(H,18,20)/t15-/m0/s1. The number of nitrogens with zero attached hydrogens (tertiary/aromatic N) is 1. The second-order valence-electron chi connectivity index (χ2n) is 5.21. The molecule has 0 spiro atoms. The molecule has 1 fully saturated rings. The fraction of sp³-hybridized carbons (Fsp3) is 0.562. The average Bonchev–Trinajstić information content (AvgIpc) is 2.51. The Morgan fingerprint density at radius 2 is 1.95 bits per heavy atom. The molecular weight excluding hydrogens is 250 g/mol. The average molecular weight is 275 g/mol. The Morgan fingerprint density at radius 1 is 1.25 bits per heavy atom. The molecule has 2 N–H and O–H groups in total. The van der Waals surface area contributed by atoms with E-state index < -0.39 is 0 Å². The van der Waals surface area contributed by atoms with Gasteiger partial charge in [-0.05, 0) is 57.5 Å². The number of hydrogen-bond acceptors (Lipinski definition) is 3. The highest BCUT2D eigenvalue weighted by Gasteiger charge is 2.20. The van der Waals surface area contributed by atoms with Gasteiger partial charge in [-0.2, -0.15) is 0 Å². The van der Waals surface area contributed by atoms with E-state index in [1.54, 1.807) is 0 Å². The van der Waals surface area contributed by atoms with Crippen LogP contribution in [0.15, 0.2) is 24.3 Å². The number of anilines is 2. The molecule has 110 valence electrons. The molecule has 1 aromatic rings. The molecule has 1 saturated heterocycles. The second-order valence-corrected chi connectivity index (χ2v) is 5.21. The van der Waals surface area contributed by atoms with Gasteiger partial charge in [-0.1, -0.05) is 6.42 Å². The summed E-state index contributed by atoms with van der Waals surface area (Å²) in [7, 11) is 0. The number of nitrogens with one attached hydrogen (secondary N) is 2. The minimum Gasteiger partial charge on any atom is -0.372 e. The van der Waals surface area contributed by atoms with Crippen LogP contribution in [0.1, 0.15) is 33.1 Å². The lowest BCUT2D eigenvalue weighted by Gasteiger charge is -2.23. The van der Waals surface area contributed by atoms with E-state index in [2.05, 4.69) is 41.5 Å². The van der Waals surface area contributed by atoms with Gasteiger partial charge in [0, 0.05) is 24.5 Å².